The number of morpholine rings is 1. The number of nitrogens with zero attached hydrogens (tertiary/aromatic N) is 1. The van der Waals surface area contributed by atoms with Crippen molar-refractivity contribution in [1.29, 1.82) is 0 Å². The van der Waals surface area contributed by atoms with Crippen LogP contribution in [0.4, 0.5) is 0 Å². The fourth-order valence-electron chi connectivity index (χ4n) is 2.23. The molecule has 0 aromatic rings. The lowest BCUT2D eigenvalue weighted by Gasteiger charge is -2.41. The van der Waals surface area contributed by atoms with Gasteiger partial charge in [-0.2, -0.15) is 0 Å². The number of hydrogen-bond acceptors (Lipinski definition) is 2. The van der Waals surface area contributed by atoms with E-state index < -0.39 is 0 Å². The summed E-state index contributed by atoms with van der Waals surface area (Å²) in [6.45, 7) is 5.40. The predicted octanol–water partition coefficient (Wildman–Crippen LogP) is 2.11. The SMILES string of the molecule is CC1COC(CCl)CN1CC1CCC1. The van der Waals surface area contributed by atoms with Gasteiger partial charge in [-0.15, -0.1) is 11.6 Å². The highest BCUT2D eigenvalue weighted by molar-refractivity contribution is 6.18. The summed E-state index contributed by atoms with van der Waals surface area (Å²) in [6, 6.07) is 0.579. The molecule has 2 unspecified atom stereocenters. The van der Waals surface area contributed by atoms with Crippen molar-refractivity contribution in [2.75, 3.05) is 25.6 Å². The number of alkyl halides is 1. The van der Waals surface area contributed by atoms with E-state index >= 15 is 0 Å². The molecule has 0 radical (unpaired) electrons. The van der Waals surface area contributed by atoms with E-state index in [0.29, 0.717) is 11.9 Å². The lowest BCUT2D eigenvalue weighted by molar-refractivity contribution is -0.0563. The van der Waals surface area contributed by atoms with E-state index in [1.807, 2.05) is 0 Å². The molecular formula is C11H20ClNO. The van der Waals surface area contributed by atoms with Gasteiger partial charge in [0, 0.05) is 25.0 Å². The Kier molecular flexibility index (Phi) is 3.69. The summed E-state index contributed by atoms with van der Waals surface area (Å²) in [4.78, 5) is 2.56. The largest absolute Gasteiger partial charge is 0.374 e. The summed E-state index contributed by atoms with van der Waals surface area (Å²) in [5.74, 6) is 1.58. The molecule has 0 aromatic carbocycles. The predicted molar refractivity (Wildman–Crippen MR) is 58.8 cm³/mol. The van der Waals surface area contributed by atoms with E-state index in [0.717, 1.165) is 19.1 Å². The maximum Gasteiger partial charge on any atom is 0.0837 e. The summed E-state index contributed by atoms with van der Waals surface area (Å²) >= 11 is 5.83. The molecule has 0 bridgehead atoms. The van der Waals surface area contributed by atoms with Crippen LogP contribution in [0.2, 0.25) is 0 Å². The van der Waals surface area contributed by atoms with Gasteiger partial charge in [-0.25, -0.2) is 0 Å². The molecule has 1 saturated carbocycles. The van der Waals surface area contributed by atoms with Gasteiger partial charge in [0.2, 0.25) is 0 Å². The molecule has 2 nitrogen and oxygen atoms in total. The van der Waals surface area contributed by atoms with Gasteiger partial charge in [-0.3, -0.25) is 4.90 Å². The molecule has 2 rings (SSSR count). The highest BCUT2D eigenvalue weighted by Crippen LogP contribution is 2.28. The molecule has 3 heteroatoms. The second kappa shape index (κ2) is 4.82. The number of halogens is 1. The summed E-state index contributed by atoms with van der Waals surface area (Å²) in [5, 5.41) is 0. The Balaban J connectivity index is 1.80. The quantitative estimate of drug-likeness (QED) is 0.672. The average molecular weight is 218 g/mol. The molecule has 2 fully saturated rings. The first-order valence-corrected chi connectivity index (χ1v) is 6.24. The first-order valence-electron chi connectivity index (χ1n) is 5.71. The molecule has 1 heterocycles. The Hall–Kier alpha value is 0.210. The first-order chi connectivity index (χ1) is 6.79. The summed E-state index contributed by atoms with van der Waals surface area (Å²) in [5.41, 5.74) is 0. The van der Waals surface area contributed by atoms with Crippen LogP contribution < -0.4 is 0 Å². The normalized spacial score (nSPS) is 35.6. The van der Waals surface area contributed by atoms with Crippen molar-refractivity contribution < 1.29 is 4.74 Å². The lowest BCUT2D eigenvalue weighted by atomic mass is 9.84. The van der Waals surface area contributed by atoms with Crippen molar-refractivity contribution in [2.24, 2.45) is 5.92 Å². The summed E-state index contributed by atoms with van der Waals surface area (Å²) < 4.78 is 5.63. The highest BCUT2D eigenvalue weighted by atomic mass is 35.5. The zero-order valence-corrected chi connectivity index (χ0v) is 9.67. The lowest BCUT2D eigenvalue weighted by Crippen LogP contribution is -2.51. The Labute approximate surface area is 91.6 Å². The van der Waals surface area contributed by atoms with Gasteiger partial charge in [0.1, 0.15) is 0 Å². The highest BCUT2D eigenvalue weighted by Gasteiger charge is 2.29. The smallest absolute Gasteiger partial charge is 0.0837 e. The van der Waals surface area contributed by atoms with E-state index in [1.54, 1.807) is 0 Å². The van der Waals surface area contributed by atoms with Gasteiger partial charge in [0.05, 0.1) is 12.7 Å². The zero-order chi connectivity index (χ0) is 9.97. The second-order valence-electron chi connectivity index (χ2n) is 4.71. The van der Waals surface area contributed by atoms with Crippen molar-refractivity contribution in [3.05, 3.63) is 0 Å². The van der Waals surface area contributed by atoms with E-state index in [-0.39, 0.29) is 6.10 Å². The molecule has 0 spiro atoms. The van der Waals surface area contributed by atoms with Gasteiger partial charge in [-0.05, 0) is 25.7 Å². The second-order valence-corrected chi connectivity index (χ2v) is 5.02. The molecule has 0 aromatic heterocycles. The van der Waals surface area contributed by atoms with E-state index in [4.69, 9.17) is 16.3 Å². The van der Waals surface area contributed by atoms with Gasteiger partial charge >= 0.3 is 0 Å². The van der Waals surface area contributed by atoms with E-state index in [9.17, 15) is 0 Å². The Morgan fingerprint density at radius 3 is 2.79 bits per heavy atom. The van der Waals surface area contributed by atoms with Crippen LogP contribution in [0.15, 0.2) is 0 Å². The third kappa shape index (κ3) is 2.41. The molecule has 1 aliphatic carbocycles. The number of ether oxygens (including phenoxy) is 1. The van der Waals surface area contributed by atoms with Crippen molar-refractivity contribution in [3.63, 3.8) is 0 Å². The minimum atomic E-state index is 0.257. The third-order valence-electron chi connectivity index (χ3n) is 3.52. The summed E-state index contributed by atoms with van der Waals surface area (Å²) in [7, 11) is 0. The fourth-order valence-corrected chi connectivity index (χ4v) is 2.42. The van der Waals surface area contributed by atoms with Gasteiger partial charge in [-0.1, -0.05) is 6.42 Å². The standard InChI is InChI=1S/C11H20ClNO/c1-9-8-14-11(5-12)7-13(9)6-10-3-2-4-10/h9-11H,2-8H2,1H3. The van der Waals surface area contributed by atoms with Crippen LogP contribution in [-0.4, -0.2) is 42.6 Å². The van der Waals surface area contributed by atoms with Crippen LogP contribution in [-0.2, 0) is 4.74 Å². The zero-order valence-electron chi connectivity index (χ0n) is 8.92. The average Bonchev–Trinajstić information content (AvgIpc) is 2.14. The molecule has 0 N–H and O–H groups in total. The molecule has 1 saturated heterocycles. The van der Waals surface area contributed by atoms with Gasteiger partial charge in [0.25, 0.3) is 0 Å². The van der Waals surface area contributed by atoms with Crippen LogP contribution in [0.5, 0.6) is 0 Å². The van der Waals surface area contributed by atoms with Crippen LogP contribution in [0.1, 0.15) is 26.2 Å². The minimum Gasteiger partial charge on any atom is -0.374 e. The van der Waals surface area contributed by atoms with Crippen molar-refractivity contribution in [2.45, 2.75) is 38.3 Å². The Bertz CT molecular complexity index is 182. The number of hydrogen-bond donors (Lipinski definition) is 0. The third-order valence-corrected chi connectivity index (χ3v) is 3.87. The van der Waals surface area contributed by atoms with Crippen molar-refractivity contribution in [1.82, 2.24) is 4.90 Å². The van der Waals surface area contributed by atoms with Crippen LogP contribution >= 0.6 is 11.6 Å². The van der Waals surface area contributed by atoms with Crippen LogP contribution in [0, 0.1) is 5.92 Å². The fraction of sp³-hybridized carbons (Fsp3) is 1.00. The van der Waals surface area contributed by atoms with Crippen molar-refractivity contribution >= 4 is 11.6 Å². The first kappa shape index (κ1) is 10.7. The molecular weight excluding hydrogens is 198 g/mol. The maximum absolute atomic E-state index is 5.83. The molecule has 14 heavy (non-hydrogen) atoms. The van der Waals surface area contributed by atoms with Gasteiger partial charge < -0.3 is 4.74 Å². The summed E-state index contributed by atoms with van der Waals surface area (Å²) in [6.07, 6.45) is 4.54. The molecule has 0 amide bonds. The molecule has 2 atom stereocenters. The van der Waals surface area contributed by atoms with Crippen LogP contribution in [0.25, 0.3) is 0 Å². The van der Waals surface area contributed by atoms with E-state index in [2.05, 4.69) is 11.8 Å². The topological polar surface area (TPSA) is 12.5 Å². The van der Waals surface area contributed by atoms with Gasteiger partial charge in [0.15, 0.2) is 0 Å². The minimum absolute atomic E-state index is 0.257. The maximum atomic E-state index is 5.83. The molecule has 2 aliphatic rings. The molecule has 82 valence electrons. The Morgan fingerprint density at radius 1 is 1.43 bits per heavy atom. The monoisotopic (exact) mass is 217 g/mol. The molecule has 1 aliphatic heterocycles. The van der Waals surface area contributed by atoms with Crippen molar-refractivity contribution in [3.8, 4) is 0 Å². The number of rotatable bonds is 3. The Morgan fingerprint density at radius 2 is 2.21 bits per heavy atom. The van der Waals surface area contributed by atoms with E-state index in [1.165, 1.54) is 25.8 Å². The van der Waals surface area contributed by atoms with Crippen LogP contribution in [0.3, 0.4) is 0 Å².